The lowest BCUT2D eigenvalue weighted by Crippen LogP contribution is -2.11. The largest absolute Gasteiger partial charge is 0.490 e. The second kappa shape index (κ2) is 4.48. The smallest absolute Gasteiger partial charge is 0.127 e. The molecule has 0 bridgehead atoms. The van der Waals surface area contributed by atoms with Crippen molar-refractivity contribution in [3.8, 4) is 5.75 Å². The first-order valence-electron chi connectivity index (χ1n) is 6.55. The lowest BCUT2D eigenvalue weighted by atomic mass is 10.1. The van der Waals surface area contributed by atoms with Gasteiger partial charge in [0.1, 0.15) is 11.6 Å². The SMILES string of the molecule is Cc1ccc(OC2CCCC2)c2cc(N)ncc12. The zero-order valence-corrected chi connectivity index (χ0v) is 10.6. The Morgan fingerprint density at radius 2 is 2.00 bits per heavy atom. The maximum atomic E-state index is 6.12. The van der Waals surface area contributed by atoms with Crippen LogP contribution in [0.4, 0.5) is 5.82 Å². The summed E-state index contributed by atoms with van der Waals surface area (Å²) >= 11 is 0. The van der Waals surface area contributed by atoms with Gasteiger partial charge in [-0.1, -0.05) is 6.07 Å². The molecular weight excluding hydrogens is 224 g/mol. The van der Waals surface area contributed by atoms with Gasteiger partial charge in [-0.15, -0.1) is 0 Å². The fourth-order valence-corrected chi connectivity index (χ4v) is 2.66. The molecule has 3 heteroatoms. The van der Waals surface area contributed by atoms with E-state index in [2.05, 4.69) is 24.0 Å². The summed E-state index contributed by atoms with van der Waals surface area (Å²) in [7, 11) is 0. The van der Waals surface area contributed by atoms with Gasteiger partial charge in [0.15, 0.2) is 0 Å². The highest BCUT2D eigenvalue weighted by molar-refractivity contribution is 5.91. The molecule has 1 saturated carbocycles. The zero-order valence-electron chi connectivity index (χ0n) is 10.6. The normalized spacial score (nSPS) is 16.3. The summed E-state index contributed by atoms with van der Waals surface area (Å²) in [6.07, 6.45) is 7.08. The number of aryl methyl sites for hydroxylation is 1. The van der Waals surface area contributed by atoms with E-state index in [-0.39, 0.29) is 0 Å². The van der Waals surface area contributed by atoms with Gasteiger partial charge in [0.25, 0.3) is 0 Å². The molecule has 18 heavy (non-hydrogen) atoms. The standard InChI is InChI=1S/C15H18N2O/c1-10-6-7-14(18-11-4-2-3-5-11)12-8-15(16)17-9-13(10)12/h6-9,11H,2-5H2,1H3,(H2,16,17). The molecule has 0 saturated heterocycles. The van der Waals surface area contributed by atoms with Crippen molar-refractivity contribution in [3.63, 3.8) is 0 Å². The van der Waals surface area contributed by atoms with Gasteiger partial charge in [-0.3, -0.25) is 0 Å². The Kier molecular flexibility index (Phi) is 2.82. The van der Waals surface area contributed by atoms with Crippen molar-refractivity contribution in [2.75, 3.05) is 5.73 Å². The van der Waals surface area contributed by atoms with E-state index in [1.807, 2.05) is 12.3 Å². The van der Waals surface area contributed by atoms with Gasteiger partial charge in [0, 0.05) is 17.0 Å². The molecule has 1 aromatic heterocycles. The molecule has 94 valence electrons. The molecular formula is C15H18N2O. The Morgan fingerprint density at radius 3 is 2.78 bits per heavy atom. The number of pyridine rings is 1. The van der Waals surface area contributed by atoms with Crippen molar-refractivity contribution in [1.29, 1.82) is 0 Å². The third kappa shape index (κ3) is 2.01. The average molecular weight is 242 g/mol. The Balaban J connectivity index is 2.05. The highest BCUT2D eigenvalue weighted by atomic mass is 16.5. The van der Waals surface area contributed by atoms with Crippen LogP contribution in [0, 0.1) is 6.92 Å². The third-order valence-electron chi connectivity index (χ3n) is 3.70. The monoisotopic (exact) mass is 242 g/mol. The van der Waals surface area contributed by atoms with Crippen LogP contribution >= 0.6 is 0 Å². The van der Waals surface area contributed by atoms with Gasteiger partial charge in [0.05, 0.1) is 6.10 Å². The van der Waals surface area contributed by atoms with Crippen LogP contribution in [0.2, 0.25) is 0 Å². The summed E-state index contributed by atoms with van der Waals surface area (Å²) in [5.74, 6) is 1.49. The molecule has 1 aromatic carbocycles. The highest BCUT2D eigenvalue weighted by Crippen LogP contribution is 2.32. The van der Waals surface area contributed by atoms with Crippen LogP contribution < -0.4 is 10.5 Å². The second-order valence-electron chi connectivity index (χ2n) is 5.06. The van der Waals surface area contributed by atoms with E-state index in [1.165, 1.54) is 18.4 Å². The summed E-state index contributed by atoms with van der Waals surface area (Å²) in [4.78, 5) is 4.16. The molecule has 2 aromatic rings. The number of nitrogens with zero attached hydrogens (tertiary/aromatic N) is 1. The van der Waals surface area contributed by atoms with Crippen LogP contribution in [-0.4, -0.2) is 11.1 Å². The fourth-order valence-electron chi connectivity index (χ4n) is 2.66. The Hall–Kier alpha value is -1.77. The van der Waals surface area contributed by atoms with E-state index in [9.17, 15) is 0 Å². The zero-order chi connectivity index (χ0) is 12.5. The number of benzene rings is 1. The lowest BCUT2D eigenvalue weighted by molar-refractivity contribution is 0.213. The first-order valence-corrected chi connectivity index (χ1v) is 6.55. The van der Waals surface area contributed by atoms with E-state index < -0.39 is 0 Å². The molecule has 3 rings (SSSR count). The van der Waals surface area contributed by atoms with Gasteiger partial charge < -0.3 is 10.5 Å². The van der Waals surface area contributed by atoms with E-state index in [0.717, 1.165) is 29.4 Å². The minimum absolute atomic E-state index is 0.366. The molecule has 0 radical (unpaired) electrons. The minimum Gasteiger partial charge on any atom is -0.490 e. The summed E-state index contributed by atoms with van der Waals surface area (Å²) < 4.78 is 6.12. The van der Waals surface area contributed by atoms with Crippen LogP contribution in [0.1, 0.15) is 31.2 Å². The first-order chi connectivity index (χ1) is 8.74. The molecule has 0 amide bonds. The van der Waals surface area contributed by atoms with Crippen molar-refractivity contribution >= 4 is 16.6 Å². The van der Waals surface area contributed by atoms with Crippen LogP contribution in [-0.2, 0) is 0 Å². The van der Waals surface area contributed by atoms with Gasteiger partial charge in [-0.2, -0.15) is 0 Å². The summed E-state index contributed by atoms with van der Waals surface area (Å²) in [5.41, 5.74) is 6.99. The highest BCUT2D eigenvalue weighted by Gasteiger charge is 2.17. The molecule has 1 fully saturated rings. The maximum absolute atomic E-state index is 6.12. The number of rotatable bonds is 2. The number of hydrogen-bond donors (Lipinski definition) is 1. The minimum atomic E-state index is 0.366. The Morgan fingerprint density at radius 1 is 1.22 bits per heavy atom. The molecule has 0 atom stereocenters. The molecule has 0 spiro atoms. The average Bonchev–Trinajstić information content (AvgIpc) is 2.86. The maximum Gasteiger partial charge on any atom is 0.127 e. The van der Waals surface area contributed by atoms with Crippen LogP contribution in [0.5, 0.6) is 5.75 Å². The third-order valence-corrected chi connectivity index (χ3v) is 3.70. The first kappa shape index (κ1) is 11.3. The van der Waals surface area contributed by atoms with E-state index in [4.69, 9.17) is 10.5 Å². The van der Waals surface area contributed by atoms with Crippen molar-refractivity contribution < 1.29 is 4.74 Å². The van der Waals surface area contributed by atoms with Crippen molar-refractivity contribution in [2.24, 2.45) is 0 Å². The van der Waals surface area contributed by atoms with E-state index in [1.54, 1.807) is 0 Å². The molecule has 2 N–H and O–H groups in total. The number of ether oxygens (including phenoxy) is 1. The van der Waals surface area contributed by atoms with E-state index >= 15 is 0 Å². The number of fused-ring (bicyclic) bond motifs is 1. The topological polar surface area (TPSA) is 48.1 Å². The van der Waals surface area contributed by atoms with Gasteiger partial charge in [-0.25, -0.2) is 4.98 Å². The Labute approximate surface area is 107 Å². The quantitative estimate of drug-likeness (QED) is 0.877. The van der Waals surface area contributed by atoms with Crippen molar-refractivity contribution in [3.05, 3.63) is 30.0 Å². The lowest BCUT2D eigenvalue weighted by Gasteiger charge is -2.16. The molecule has 1 heterocycles. The van der Waals surface area contributed by atoms with Crippen LogP contribution in [0.15, 0.2) is 24.4 Å². The van der Waals surface area contributed by atoms with Crippen LogP contribution in [0.25, 0.3) is 10.8 Å². The van der Waals surface area contributed by atoms with Crippen molar-refractivity contribution in [1.82, 2.24) is 4.98 Å². The van der Waals surface area contributed by atoms with Crippen molar-refractivity contribution in [2.45, 2.75) is 38.7 Å². The summed E-state index contributed by atoms with van der Waals surface area (Å²) in [6.45, 7) is 2.08. The fraction of sp³-hybridized carbons (Fsp3) is 0.400. The number of nitrogen functional groups attached to an aromatic ring is 1. The summed E-state index contributed by atoms with van der Waals surface area (Å²) in [5, 5.41) is 2.20. The Bertz CT molecular complexity index is 574. The van der Waals surface area contributed by atoms with Gasteiger partial charge in [-0.05, 0) is 50.3 Å². The molecule has 1 aliphatic rings. The number of aromatic nitrogens is 1. The summed E-state index contributed by atoms with van der Waals surface area (Å²) in [6, 6.07) is 6.05. The molecule has 3 nitrogen and oxygen atoms in total. The molecule has 1 aliphatic carbocycles. The van der Waals surface area contributed by atoms with E-state index in [0.29, 0.717) is 11.9 Å². The van der Waals surface area contributed by atoms with Gasteiger partial charge in [0.2, 0.25) is 0 Å². The second-order valence-corrected chi connectivity index (χ2v) is 5.06. The molecule has 0 aliphatic heterocycles. The number of nitrogens with two attached hydrogens (primary N) is 1. The molecule has 0 unspecified atom stereocenters. The van der Waals surface area contributed by atoms with Gasteiger partial charge >= 0.3 is 0 Å². The van der Waals surface area contributed by atoms with Crippen LogP contribution in [0.3, 0.4) is 0 Å². The number of anilines is 1. The number of hydrogen-bond acceptors (Lipinski definition) is 3. The predicted octanol–water partition coefficient (Wildman–Crippen LogP) is 3.45. The predicted molar refractivity (Wildman–Crippen MR) is 73.8 cm³/mol.